The first-order chi connectivity index (χ1) is 6.18. The van der Waals surface area contributed by atoms with Crippen LogP contribution in [0.4, 0.5) is 0 Å². The predicted octanol–water partition coefficient (Wildman–Crippen LogP) is 2.60. The minimum Gasteiger partial charge on any atom is -0.508 e. The molecular formula is C10H8ClNO. The molecule has 0 amide bonds. The Morgan fingerprint density at radius 2 is 2.15 bits per heavy atom. The molecule has 0 unspecified atom stereocenters. The molecule has 1 fully saturated rings. The van der Waals surface area contributed by atoms with Crippen LogP contribution in [0, 0.1) is 11.3 Å². The lowest BCUT2D eigenvalue weighted by atomic mass is 9.97. The number of hydrogen-bond donors (Lipinski definition) is 1. The van der Waals surface area contributed by atoms with E-state index in [-0.39, 0.29) is 5.75 Å². The largest absolute Gasteiger partial charge is 0.508 e. The van der Waals surface area contributed by atoms with E-state index in [1.165, 1.54) is 6.07 Å². The topological polar surface area (TPSA) is 44.0 Å². The molecule has 0 spiro atoms. The molecule has 2 nitrogen and oxygen atoms in total. The average Bonchev–Trinajstić information content (AvgIpc) is 2.90. The van der Waals surface area contributed by atoms with Crippen LogP contribution in [0.3, 0.4) is 0 Å². The molecule has 2 rings (SSSR count). The molecule has 0 saturated heterocycles. The number of rotatable bonds is 1. The molecule has 0 heterocycles. The van der Waals surface area contributed by atoms with Gasteiger partial charge in [0.1, 0.15) is 5.75 Å². The third kappa shape index (κ3) is 1.26. The van der Waals surface area contributed by atoms with Crippen LogP contribution in [0.2, 0.25) is 5.02 Å². The van der Waals surface area contributed by atoms with Gasteiger partial charge in [-0.15, -0.1) is 0 Å². The molecule has 0 aromatic heterocycles. The number of benzene rings is 1. The van der Waals surface area contributed by atoms with Crippen molar-refractivity contribution >= 4 is 11.6 Å². The Labute approximate surface area is 81.4 Å². The molecule has 1 N–H and O–H groups in total. The molecule has 0 atom stereocenters. The van der Waals surface area contributed by atoms with Gasteiger partial charge in [0.2, 0.25) is 0 Å². The van der Waals surface area contributed by atoms with Crippen molar-refractivity contribution in [3.63, 3.8) is 0 Å². The standard InChI is InChI=1S/C10H8ClNO/c11-7-1-2-9(13)8(5-7)10(6-12)3-4-10/h1-2,5,13H,3-4H2. The second-order valence-corrected chi connectivity index (χ2v) is 3.79. The first-order valence-electron chi connectivity index (χ1n) is 4.08. The smallest absolute Gasteiger partial charge is 0.120 e. The van der Waals surface area contributed by atoms with E-state index in [0.717, 1.165) is 12.8 Å². The number of nitrogens with zero attached hydrogens (tertiary/aromatic N) is 1. The fraction of sp³-hybridized carbons (Fsp3) is 0.300. The fourth-order valence-electron chi connectivity index (χ4n) is 1.46. The van der Waals surface area contributed by atoms with E-state index >= 15 is 0 Å². The van der Waals surface area contributed by atoms with Crippen molar-refractivity contribution in [1.29, 1.82) is 5.26 Å². The van der Waals surface area contributed by atoms with Crippen molar-refractivity contribution in [2.75, 3.05) is 0 Å². The molecule has 1 saturated carbocycles. The molecule has 1 aromatic rings. The van der Waals surface area contributed by atoms with Crippen molar-refractivity contribution in [2.45, 2.75) is 18.3 Å². The summed E-state index contributed by atoms with van der Waals surface area (Å²) in [6, 6.07) is 7.05. The van der Waals surface area contributed by atoms with E-state index in [4.69, 9.17) is 16.9 Å². The maximum Gasteiger partial charge on any atom is 0.120 e. The molecule has 3 heteroatoms. The van der Waals surface area contributed by atoms with Crippen LogP contribution in [0.5, 0.6) is 5.75 Å². The van der Waals surface area contributed by atoms with Gasteiger partial charge >= 0.3 is 0 Å². The number of nitriles is 1. The van der Waals surface area contributed by atoms with Crippen LogP contribution >= 0.6 is 11.6 Å². The molecule has 1 aromatic carbocycles. The quantitative estimate of drug-likeness (QED) is 0.745. The van der Waals surface area contributed by atoms with E-state index in [0.29, 0.717) is 10.6 Å². The van der Waals surface area contributed by atoms with Crippen LogP contribution in [0.15, 0.2) is 18.2 Å². The number of halogens is 1. The summed E-state index contributed by atoms with van der Waals surface area (Å²) in [7, 11) is 0. The molecule has 66 valence electrons. The molecule has 13 heavy (non-hydrogen) atoms. The van der Waals surface area contributed by atoms with E-state index in [2.05, 4.69) is 6.07 Å². The van der Waals surface area contributed by atoms with Crippen molar-refractivity contribution in [2.24, 2.45) is 0 Å². The van der Waals surface area contributed by atoms with Gasteiger partial charge in [0.25, 0.3) is 0 Å². The first-order valence-corrected chi connectivity index (χ1v) is 4.46. The molecule has 1 aliphatic carbocycles. The Morgan fingerprint density at radius 1 is 1.46 bits per heavy atom. The van der Waals surface area contributed by atoms with Crippen LogP contribution < -0.4 is 0 Å². The summed E-state index contributed by atoms with van der Waals surface area (Å²) in [5.74, 6) is 0.170. The van der Waals surface area contributed by atoms with Gasteiger partial charge in [0, 0.05) is 10.6 Å². The SMILES string of the molecule is N#CC1(c2cc(Cl)ccc2O)CC1. The highest BCUT2D eigenvalue weighted by Crippen LogP contribution is 2.50. The molecule has 1 aliphatic rings. The summed E-state index contributed by atoms with van der Waals surface area (Å²) < 4.78 is 0. The highest BCUT2D eigenvalue weighted by atomic mass is 35.5. The highest BCUT2D eigenvalue weighted by molar-refractivity contribution is 6.30. The second-order valence-electron chi connectivity index (χ2n) is 3.36. The lowest BCUT2D eigenvalue weighted by Crippen LogP contribution is -2.02. The molecule has 0 radical (unpaired) electrons. The van der Waals surface area contributed by atoms with Crippen molar-refractivity contribution in [3.05, 3.63) is 28.8 Å². The van der Waals surface area contributed by atoms with Crippen LogP contribution in [-0.4, -0.2) is 5.11 Å². The second kappa shape index (κ2) is 2.65. The van der Waals surface area contributed by atoms with Crippen LogP contribution in [-0.2, 0) is 5.41 Å². The Kier molecular flexibility index (Phi) is 1.71. The molecule has 0 aliphatic heterocycles. The van der Waals surface area contributed by atoms with Crippen molar-refractivity contribution in [1.82, 2.24) is 0 Å². The highest BCUT2D eigenvalue weighted by Gasteiger charge is 2.46. The summed E-state index contributed by atoms with van der Waals surface area (Å²) in [6.45, 7) is 0. The Morgan fingerprint density at radius 3 is 2.69 bits per heavy atom. The lowest BCUT2D eigenvalue weighted by molar-refractivity contribution is 0.465. The first kappa shape index (κ1) is 8.40. The van der Waals surface area contributed by atoms with E-state index < -0.39 is 5.41 Å². The average molecular weight is 194 g/mol. The summed E-state index contributed by atoms with van der Waals surface area (Å²) in [6.07, 6.45) is 1.63. The number of phenols is 1. The van der Waals surface area contributed by atoms with Gasteiger partial charge in [0.05, 0.1) is 11.5 Å². The lowest BCUT2D eigenvalue weighted by Gasteiger charge is -2.08. The monoisotopic (exact) mass is 193 g/mol. The minimum atomic E-state index is -0.463. The van der Waals surface area contributed by atoms with Gasteiger partial charge in [-0.05, 0) is 31.0 Å². The van der Waals surface area contributed by atoms with E-state index in [1.54, 1.807) is 12.1 Å². The van der Waals surface area contributed by atoms with Gasteiger partial charge in [-0.3, -0.25) is 0 Å². The zero-order valence-electron chi connectivity index (χ0n) is 6.92. The van der Waals surface area contributed by atoms with Gasteiger partial charge in [-0.25, -0.2) is 0 Å². The van der Waals surface area contributed by atoms with Crippen molar-refractivity contribution in [3.8, 4) is 11.8 Å². The summed E-state index contributed by atoms with van der Waals surface area (Å²) in [5, 5.41) is 19.0. The Bertz CT molecular complexity index is 390. The van der Waals surface area contributed by atoms with E-state index in [9.17, 15) is 5.11 Å². The third-order valence-electron chi connectivity index (χ3n) is 2.44. The van der Waals surface area contributed by atoms with Gasteiger partial charge < -0.3 is 5.11 Å². The zero-order chi connectivity index (χ0) is 9.47. The number of phenolic OH excluding ortho intramolecular Hbond substituents is 1. The Hall–Kier alpha value is -1.20. The third-order valence-corrected chi connectivity index (χ3v) is 2.67. The maximum atomic E-state index is 9.53. The van der Waals surface area contributed by atoms with Crippen molar-refractivity contribution < 1.29 is 5.11 Å². The van der Waals surface area contributed by atoms with Crippen LogP contribution in [0.1, 0.15) is 18.4 Å². The van der Waals surface area contributed by atoms with Gasteiger partial charge in [-0.1, -0.05) is 11.6 Å². The summed E-state index contributed by atoms with van der Waals surface area (Å²) in [5.41, 5.74) is 0.206. The van der Waals surface area contributed by atoms with Crippen LogP contribution in [0.25, 0.3) is 0 Å². The maximum absolute atomic E-state index is 9.53. The molecular weight excluding hydrogens is 186 g/mol. The molecule has 0 bridgehead atoms. The zero-order valence-corrected chi connectivity index (χ0v) is 7.67. The number of hydrogen-bond acceptors (Lipinski definition) is 2. The summed E-state index contributed by atoms with van der Waals surface area (Å²) >= 11 is 5.79. The van der Waals surface area contributed by atoms with Gasteiger partial charge in [0.15, 0.2) is 0 Å². The normalized spacial score (nSPS) is 17.8. The summed E-state index contributed by atoms with van der Waals surface area (Å²) in [4.78, 5) is 0. The Balaban J connectivity index is 2.52. The van der Waals surface area contributed by atoms with E-state index in [1.807, 2.05) is 0 Å². The number of aromatic hydroxyl groups is 1. The predicted molar refractivity (Wildman–Crippen MR) is 49.6 cm³/mol. The van der Waals surface area contributed by atoms with Gasteiger partial charge in [-0.2, -0.15) is 5.26 Å². The fourth-order valence-corrected chi connectivity index (χ4v) is 1.63. The minimum absolute atomic E-state index is 0.170.